The monoisotopic (exact) mass is 415 g/mol. The van der Waals surface area contributed by atoms with Crippen LogP contribution in [-0.2, 0) is 20.8 Å². The van der Waals surface area contributed by atoms with Crippen molar-refractivity contribution in [1.29, 1.82) is 0 Å². The van der Waals surface area contributed by atoms with Crippen molar-refractivity contribution in [3.05, 3.63) is 59.2 Å². The van der Waals surface area contributed by atoms with Gasteiger partial charge in [0.05, 0.1) is 0 Å². The smallest absolute Gasteiger partial charge is 0.269 e. The summed E-state index contributed by atoms with van der Waals surface area (Å²) in [6.07, 6.45) is 5.71. The number of nitrogens with zero attached hydrogens (tertiary/aromatic N) is 2. The highest BCUT2D eigenvalue weighted by atomic mass is 32.2. The number of oxime groups is 1. The molecule has 0 radical (unpaired) electrons. The predicted octanol–water partition coefficient (Wildman–Crippen LogP) is 3.51. The van der Waals surface area contributed by atoms with Crippen LogP contribution >= 0.6 is 11.8 Å². The van der Waals surface area contributed by atoms with E-state index in [2.05, 4.69) is 10.5 Å². The molecule has 1 aliphatic heterocycles. The first-order valence-corrected chi connectivity index (χ1v) is 10.9. The zero-order chi connectivity index (χ0) is 21.1. The molecule has 0 bridgehead atoms. The van der Waals surface area contributed by atoms with Gasteiger partial charge in [0.25, 0.3) is 5.91 Å². The Balaban J connectivity index is 1.96. The summed E-state index contributed by atoms with van der Waals surface area (Å²) in [6, 6.07) is 9.32. The summed E-state index contributed by atoms with van der Waals surface area (Å²) in [7, 11) is 1.74. The standard InChI is InChI=1S/C22H29N3O3S/c1-4-18-12-9-15-29-16-20(22(27)25(18)3)23-21(26)19(5-2)24-28-14-13-17-10-7-6-8-11-17/h6-12,15,20H,4-5,13-14,16H2,1-3H3,(H,23,26)/b15-9-,18-12+,24-19+/t20-/m0/s1. The SMILES string of the molecule is CC/C1=C\C=C/SC[C@H](NC(=O)/C(CC)=N/OCCc2ccccc2)C(=O)N1C. The number of thioether (sulfide) groups is 1. The highest BCUT2D eigenvalue weighted by Gasteiger charge is 2.27. The molecule has 1 heterocycles. The Morgan fingerprint density at radius 1 is 1.31 bits per heavy atom. The molecule has 0 unspecified atom stereocenters. The molecule has 1 atom stereocenters. The molecule has 0 fully saturated rings. The van der Waals surface area contributed by atoms with Gasteiger partial charge in [0.2, 0.25) is 5.91 Å². The summed E-state index contributed by atoms with van der Waals surface area (Å²) in [5, 5.41) is 8.77. The molecular formula is C22H29N3O3S. The lowest BCUT2D eigenvalue weighted by molar-refractivity contribution is -0.132. The average molecular weight is 416 g/mol. The number of amides is 2. The largest absolute Gasteiger partial charge is 0.395 e. The van der Waals surface area contributed by atoms with Crippen LogP contribution in [0.2, 0.25) is 0 Å². The van der Waals surface area contributed by atoms with Crippen LogP contribution in [0.3, 0.4) is 0 Å². The first-order valence-electron chi connectivity index (χ1n) is 9.85. The third-order valence-electron chi connectivity index (χ3n) is 4.55. The second-order valence-electron chi connectivity index (χ2n) is 6.56. The van der Waals surface area contributed by atoms with E-state index in [-0.39, 0.29) is 17.5 Å². The number of rotatable bonds is 8. The maximum Gasteiger partial charge on any atom is 0.269 e. The fourth-order valence-electron chi connectivity index (χ4n) is 2.81. The molecule has 0 saturated carbocycles. The summed E-state index contributed by atoms with van der Waals surface area (Å²) in [5.41, 5.74) is 2.33. The van der Waals surface area contributed by atoms with Gasteiger partial charge >= 0.3 is 0 Å². The van der Waals surface area contributed by atoms with Gasteiger partial charge in [-0.3, -0.25) is 9.59 Å². The van der Waals surface area contributed by atoms with Crippen molar-refractivity contribution < 1.29 is 14.4 Å². The summed E-state index contributed by atoms with van der Waals surface area (Å²) in [5.74, 6) is -0.0461. The molecule has 0 aliphatic carbocycles. The van der Waals surface area contributed by atoms with E-state index >= 15 is 0 Å². The number of allylic oxidation sites excluding steroid dienone is 3. The predicted molar refractivity (Wildman–Crippen MR) is 118 cm³/mol. The van der Waals surface area contributed by atoms with Crippen molar-refractivity contribution in [3.63, 3.8) is 0 Å². The van der Waals surface area contributed by atoms with E-state index in [1.165, 1.54) is 11.8 Å². The highest BCUT2D eigenvalue weighted by molar-refractivity contribution is 8.02. The maximum absolute atomic E-state index is 12.8. The molecular weight excluding hydrogens is 386 g/mol. The number of carbonyl (C=O) groups excluding carboxylic acids is 2. The van der Waals surface area contributed by atoms with Crippen LogP contribution in [0.25, 0.3) is 0 Å². The molecule has 2 rings (SSSR count). The molecule has 1 aliphatic rings. The minimum Gasteiger partial charge on any atom is -0.395 e. The van der Waals surface area contributed by atoms with E-state index in [9.17, 15) is 9.59 Å². The molecule has 1 aromatic carbocycles. The molecule has 6 nitrogen and oxygen atoms in total. The lowest BCUT2D eigenvalue weighted by atomic mass is 10.2. The zero-order valence-electron chi connectivity index (χ0n) is 17.3. The number of hydrogen-bond donors (Lipinski definition) is 1. The van der Waals surface area contributed by atoms with Crippen LogP contribution < -0.4 is 5.32 Å². The molecule has 0 spiro atoms. The van der Waals surface area contributed by atoms with E-state index in [0.717, 1.165) is 17.7 Å². The van der Waals surface area contributed by atoms with Gasteiger partial charge in [-0.1, -0.05) is 55.4 Å². The minimum absolute atomic E-state index is 0.136. The van der Waals surface area contributed by atoms with Gasteiger partial charge in [-0.25, -0.2) is 0 Å². The van der Waals surface area contributed by atoms with Crippen molar-refractivity contribution >= 4 is 29.3 Å². The Morgan fingerprint density at radius 3 is 2.76 bits per heavy atom. The first kappa shape index (κ1) is 22.7. The van der Waals surface area contributed by atoms with Crippen molar-refractivity contribution in [2.24, 2.45) is 5.16 Å². The summed E-state index contributed by atoms with van der Waals surface area (Å²) < 4.78 is 0. The van der Waals surface area contributed by atoms with E-state index in [1.807, 2.05) is 61.7 Å². The highest BCUT2D eigenvalue weighted by Crippen LogP contribution is 2.15. The number of nitrogens with one attached hydrogen (secondary N) is 1. The Morgan fingerprint density at radius 2 is 2.07 bits per heavy atom. The number of carbonyl (C=O) groups is 2. The van der Waals surface area contributed by atoms with Crippen LogP contribution in [0, 0.1) is 0 Å². The molecule has 1 aromatic rings. The third-order valence-corrected chi connectivity index (χ3v) is 5.43. The molecule has 0 saturated heterocycles. The van der Waals surface area contributed by atoms with Crippen molar-refractivity contribution in [1.82, 2.24) is 10.2 Å². The molecule has 0 aromatic heterocycles. The second kappa shape index (κ2) is 12.1. The Hall–Kier alpha value is -2.54. The van der Waals surface area contributed by atoms with Crippen LogP contribution in [0.1, 0.15) is 32.3 Å². The third kappa shape index (κ3) is 7.09. The van der Waals surface area contributed by atoms with Gasteiger partial charge in [0.15, 0.2) is 0 Å². The minimum atomic E-state index is -0.628. The normalized spacial score (nSPS) is 20.7. The number of likely N-dealkylation sites (N-methyl/N-ethyl adjacent to an activating group) is 1. The lowest BCUT2D eigenvalue weighted by Gasteiger charge is -2.25. The Kier molecular flexibility index (Phi) is 9.50. The molecule has 2 amide bonds. The van der Waals surface area contributed by atoms with E-state index in [0.29, 0.717) is 25.2 Å². The molecule has 1 N–H and O–H groups in total. The van der Waals surface area contributed by atoms with E-state index in [1.54, 1.807) is 11.9 Å². The molecule has 29 heavy (non-hydrogen) atoms. The topological polar surface area (TPSA) is 71.0 Å². The molecule has 7 heteroatoms. The van der Waals surface area contributed by atoms with Crippen LogP contribution in [0.4, 0.5) is 0 Å². The van der Waals surface area contributed by atoms with E-state index < -0.39 is 6.04 Å². The van der Waals surface area contributed by atoms with Crippen LogP contribution in [-0.4, -0.2) is 47.9 Å². The summed E-state index contributed by atoms with van der Waals surface area (Å²) >= 11 is 1.49. The van der Waals surface area contributed by atoms with Gasteiger partial charge in [-0.2, -0.15) is 0 Å². The first-order chi connectivity index (χ1) is 14.1. The van der Waals surface area contributed by atoms with Gasteiger partial charge in [-0.05, 0) is 29.9 Å². The Bertz CT molecular complexity index is 775. The van der Waals surface area contributed by atoms with Gasteiger partial charge in [0.1, 0.15) is 18.4 Å². The van der Waals surface area contributed by atoms with Gasteiger partial charge in [0, 0.05) is 24.9 Å². The fourth-order valence-corrected chi connectivity index (χ4v) is 3.53. The van der Waals surface area contributed by atoms with Crippen molar-refractivity contribution in [2.45, 2.75) is 39.2 Å². The molecule has 156 valence electrons. The number of benzene rings is 1. The number of hydrogen-bond acceptors (Lipinski definition) is 5. The summed E-state index contributed by atoms with van der Waals surface area (Å²) in [6.45, 7) is 4.22. The Labute approximate surface area is 177 Å². The second-order valence-corrected chi connectivity index (χ2v) is 7.50. The quantitative estimate of drug-likeness (QED) is 0.401. The summed E-state index contributed by atoms with van der Waals surface area (Å²) in [4.78, 5) is 32.5. The van der Waals surface area contributed by atoms with Gasteiger partial charge < -0.3 is 15.1 Å². The maximum atomic E-state index is 12.8. The van der Waals surface area contributed by atoms with Crippen molar-refractivity contribution in [2.75, 3.05) is 19.4 Å². The van der Waals surface area contributed by atoms with Crippen LogP contribution in [0.15, 0.2) is 58.7 Å². The zero-order valence-corrected chi connectivity index (χ0v) is 18.1. The van der Waals surface area contributed by atoms with Crippen LogP contribution in [0.5, 0.6) is 0 Å². The fraction of sp³-hybridized carbons (Fsp3) is 0.409. The van der Waals surface area contributed by atoms with E-state index in [4.69, 9.17) is 4.84 Å². The average Bonchev–Trinajstić information content (AvgIpc) is 2.80. The lowest BCUT2D eigenvalue weighted by Crippen LogP contribution is -2.50. The van der Waals surface area contributed by atoms with Gasteiger partial charge in [-0.15, -0.1) is 11.8 Å². The van der Waals surface area contributed by atoms with Crippen molar-refractivity contribution in [3.8, 4) is 0 Å².